The van der Waals surface area contributed by atoms with Crippen LogP contribution in [0, 0.1) is 19.3 Å². The molecule has 2 saturated heterocycles. The molecule has 6 heterocycles. The third-order valence-corrected chi connectivity index (χ3v) is 12.3. The lowest BCUT2D eigenvalue weighted by Gasteiger charge is -2.53. The normalized spacial score (nSPS) is 16.3. The van der Waals surface area contributed by atoms with Crippen molar-refractivity contribution < 1.29 is 14.3 Å². The fourth-order valence-corrected chi connectivity index (χ4v) is 9.13. The van der Waals surface area contributed by atoms with E-state index in [0.29, 0.717) is 34.8 Å². The van der Waals surface area contributed by atoms with E-state index in [4.69, 9.17) is 26.3 Å². The number of ether oxygens (including phenoxy) is 1. The zero-order chi connectivity index (χ0) is 35.6. The number of aromatic amines is 1. The molecule has 2 amide bonds. The van der Waals surface area contributed by atoms with E-state index in [9.17, 15) is 9.59 Å². The standard InChI is InChI=1S/C41H37ClN6O3S/c1-24-20-30(38(43-25(24)2)47-22-41(23-47)15-18-51-19-16-41)39(49)44-28-12-10-26(11-13-28)40(50)48-17-14-27-21-34(52-36(27)29-6-3-4-9-33(29)48)37-45-32-8-5-7-31(42)35(32)46-37/h3-13,20-21H,14-19,22-23H2,1-2H3,(H,44,49)(H,45,46). The Morgan fingerprint density at radius 1 is 0.962 bits per heavy atom. The molecule has 2 fully saturated rings. The zero-order valence-electron chi connectivity index (χ0n) is 29.0. The number of hydrogen-bond donors (Lipinski definition) is 2. The highest BCUT2D eigenvalue weighted by Gasteiger charge is 2.45. The van der Waals surface area contributed by atoms with Crippen LogP contribution in [-0.2, 0) is 11.2 Å². The molecule has 3 aliphatic heterocycles. The Hall–Kier alpha value is -5.03. The van der Waals surface area contributed by atoms with Gasteiger partial charge in [-0.2, -0.15) is 0 Å². The van der Waals surface area contributed by atoms with Gasteiger partial charge in [0.25, 0.3) is 11.8 Å². The third kappa shape index (κ3) is 5.75. The van der Waals surface area contributed by atoms with Gasteiger partial charge in [0.15, 0.2) is 0 Å². The highest BCUT2D eigenvalue weighted by Crippen LogP contribution is 2.45. The number of imidazole rings is 1. The minimum atomic E-state index is -0.213. The fraction of sp³-hybridized carbons (Fsp3) is 0.268. The molecular formula is C41H37ClN6O3S. The molecule has 11 heteroatoms. The molecule has 3 aliphatic rings. The SMILES string of the molecule is Cc1cc(C(=O)Nc2ccc(C(=O)N3CCc4cc(-c5nc6cccc(Cl)c6[nH]5)sc4-c4ccccc43)cc2)c(N2CC3(CCOCC3)C2)nc1C. The van der Waals surface area contributed by atoms with Crippen molar-refractivity contribution in [1.82, 2.24) is 15.0 Å². The first-order chi connectivity index (χ1) is 25.2. The molecule has 0 saturated carbocycles. The van der Waals surface area contributed by atoms with Crippen molar-refractivity contribution in [3.8, 4) is 21.1 Å². The molecule has 0 atom stereocenters. The molecule has 6 aromatic rings. The van der Waals surface area contributed by atoms with Crippen LogP contribution in [0.3, 0.4) is 0 Å². The highest BCUT2D eigenvalue weighted by atomic mass is 35.5. The van der Waals surface area contributed by atoms with Crippen molar-refractivity contribution in [2.75, 3.05) is 48.0 Å². The first-order valence-corrected chi connectivity index (χ1v) is 18.9. The number of nitrogens with zero attached hydrogens (tertiary/aromatic N) is 4. The Kier molecular flexibility index (Phi) is 8.13. The quantitative estimate of drug-likeness (QED) is 0.184. The average molecular weight is 729 g/mol. The predicted molar refractivity (Wildman–Crippen MR) is 208 cm³/mol. The Morgan fingerprint density at radius 2 is 1.75 bits per heavy atom. The molecule has 0 aliphatic carbocycles. The molecule has 0 unspecified atom stereocenters. The zero-order valence-corrected chi connectivity index (χ0v) is 30.5. The van der Waals surface area contributed by atoms with Crippen LogP contribution in [0.1, 0.15) is 50.4 Å². The summed E-state index contributed by atoms with van der Waals surface area (Å²) in [7, 11) is 0. The Balaban J connectivity index is 0.934. The Bertz CT molecular complexity index is 2370. The molecule has 9 rings (SSSR count). The van der Waals surface area contributed by atoms with Gasteiger partial charge in [-0.15, -0.1) is 11.3 Å². The van der Waals surface area contributed by atoms with Gasteiger partial charge in [0.05, 0.1) is 32.2 Å². The van der Waals surface area contributed by atoms with Gasteiger partial charge < -0.3 is 24.8 Å². The van der Waals surface area contributed by atoms with Gasteiger partial charge in [-0.3, -0.25) is 9.59 Å². The summed E-state index contributed by atoms with van der Waals surface area (Å²) >= 11 is 8.09. The lowest BCUT2D eigenvalue weighted by atomic mass is 9.73. The number of carbonyl (C=O) groups excluding carboxylic acids is 2. The van der Waals surface area contributed by atoms with E-state index in [0.717, 1.165) is 94.1 Å². The number of hydrogen-bond acceptors (Lipinski definition) is 7. The molecule has 1 spiro atoms. The highest BCUT2D eigenvalue weighted by molar-refractivity contribution is 7.19. The van der Waals surface area contributed by atoms with Crippen molar-refractivity contribution in [1.29, 1.82) is 0 Å². The molecule has 9 nitrogen and oxygen atoms in total. The van der Waals surface area contributed by atoms with Gasteiger partial charge in [-0.1, -0.05) is 35.9 Å². The Morgan fingerprint density at radius 3 is 2.54 bits per heavy atom. The number of aryl methyl sites for hydroxylation is 2. The molecule has 52 heavy (non-hydrogen) atoms. The maximum absolute atomic E-state index is 14.1. The van der Waals surface area contributed by atoms with Crippen molar-refractivity contribution in [3.63, 3.8) is 0 Å². The number of aromatic nitrogens is 3. The number of nitrogens with one attached hydrogen (secondary N) is 2. The molecule has 3 aromatic carbocycles. The third-order valence-electron chi connectivity index (χ3n) is 10.8. The monoisotopic (exact) mass is 728 g/mol. The van der Waals surface area contributed by atoms with Crippen LogP contribution in [0.4, 0.5) is 17.2 Å². The maximum Gasteiger partial charge on any atom is 0.259 e. The van der Waals surface area contributed by atoms with Crippen LogP contribution < -0.4 is 15.1 Å². The number of halogens is 1. The smallest absolute Gasteiger partial charge is 0.259 e. The second-order valence-electron chi connectivity index (χ2n) is 14.2. The van der Waals surface area contributed by atoms with Crippen LogP contribution in [0.2, 0.25) is 5.02 Å². The first-order valence-electron chi connectivity index (χ1n) is 17.7. The van der Waals surface area contributed by atoms with E-state index in [2.05, 4.69) is 27.3 Å². The fourth-order valence-electron chi connectivity index (χ4n) is 7.72. The van der Waals surface area contributed by atoms with Crippen molar-refractivity contribution in [3.05, 3.63) is 112 Å². The van der Waals surface area contributed by atoms with Crippen LogP contribution in [-0.4, -0.2) is 59.6 Å². The van der Waals surface area contributed by atoms with Crippen molar-refractivity contribution in [2.45, 2.75) is 33.1 Å². The summed E-state index contributed by atoms with van der Waals surface area (Å²) in [5.41, 5.74) is 8.59. The topological polar surface area (TPSA) is 103 Å². The minimum absolute atomic E-state index is 0.0897. The maximum atomic E-state index is 14.1. The van der Waals surface area contributed by atoms with Crippen LogP contribution in [0.15, 0.2) is 78.9 Å². The second-order valence-corrected chi connectivity index (χ2v) is 15.6. The summed E-state index contributed by atoms with van der Waals surface area (Å²) in [6.45, 7) is 7.84. The molecule has 3 aromatic heterocycles. The number of benzene rings is 3. The summed E-state index contributed by atoms with van der Waals surface area (Å²) in [6, 6.07) is 25.1. The summed E-state index contributed by atoms with van der Waals surface area (Å²) in [5.74, 6) is 1.21. The summed E-state index contributed by atoms with van der Waals surface area (Å²) in [4.78, 5) is 47.2. The number of carbonyl (C=O) groups is 2. The lowest BCUT2D eigenvalue weighted by Crippen LogP contribution is -2.59. The van der Waals surface area contributed by atoms with E-state index < -0.39 is 0 Å². The van der Waals surface area contributed by atoms with Gasteiger partial charge >= 0.3 is 0 Å². The van der Waals surface area contributed by atoms with Gasteiger partial charge in [0.1, 0.15) is 11.6 Å². The molecular weight excluding hydrogens is 692 g/mol. The second kappa shape index (κ2) is 12.9. The average Bonchev–Trinajstić information content (AvgIpc) is 3.75. The summed E-state index contributed by atoms with van der Waals surface area (Å²) in [6.07, 6.45) is 2.78. The Labute approximate surface area is 310 Å². The van der Waals surface area contributed by atoms with Crippen LogP contribution >= 0.6 is 22.9 Å². The van der Waals surface area contributed by atoms with Gasteiger partial charge in [-0.05, 0) is 98.8 Å². The van der Waals surface area contributed by atoms with Crippen LogP contribution in [0.25, 0.3) is 32.2 Å². The first kappa shape index (κ1) is 32.8. The number of pyridine rings is 1. The van der Waals surface area contributed by atoms with E-state index in [1.807, 2.05) is 61.2 Å². The summed E-state index contributed by atoms with van der Waals surface area (Å²) in [5, 5.41) is 3.71. The van der Waals surface area contributed by atoms with Gasteiger partial charge in [0, 0.05) is 65.6 Å². The van der Waals surface area contributed by atoms with Crippen molar-refractivity contribution >= 4 is 63.0 Å². The van der Waals surface area contributed by atoms with E-state index in [1.54, 1.807) is 35.6 Å². The van der Waals surface area contributed by atoms with E-state index >= 15 is 0 Å². The molecule has 0 bridgehead atoms. The number of H-pyrrole nitrogens is 1. The largest absolute Gasteiger partial charge is 0.381 e. The molecule has 0 radical (unpaired) electrons. The van der Waals surface area contributed by atoms with Crippen molar-refractivity contribution in [2.24, 2.45) is 5.41 Å². The summed E-state index contributed by atoms with van der Waals surface area (Å²) < 4.78 is 5.59. The van der Waals surface area contributed by atoms with Gasteiger partial charge in [0.2, 0.25) is 0 Å². The molecule has 262 valence electrons. The minimum Gasteiger partial charge on any atom is -0.381 e. The number of fused-ring (bicyclic) bond motifs is 4. The van der Waals surface area contributed by atoms with Crippen LogP contribution in [0.5, 0.6) is 0 Å². The number of anilines is 3. The number of amides is 2. The molecule has 2 N–H and O–H groups in total. The number of rotatable bonds is 5. The number of thiophene rings is 1. The van der Waals surface area contributed by atoms with Gasteiger partial charge in [-0.25, -0.2) is 9.97 Å². The van der Waals surface area contributed by atoms with E-state index in [1.165, 1.54) is 5.56 Å². The lowest BCUT2D eigenvalue weighted by molar-refractivity contribution is -0.000519. The van der Waals surface area contributed by atoms with E-state index in [-0.39, 0.29) is 17.2 Å². The number of para-hydroxylation sites is 2. The predicted octanol–water partition coefficient (Wildman–Crippen LogP) is 8.70.